The Morgan fingerprint density at radius 2 is 1.79 bits per heavy atom. The smallest absolute Gasteiger partial charge is 0.354 e. The van der Waals surface area contributed by atoms with Crippen LogP contribution < -0.4 is 5.73 Å². The normalized spacial score (nSPS) is 13.8. The van der Waals surface area contributed by atoms with Crippen LogP contribution in [0.1, 0.15) is 26.3 Å². The van der Waals surface area contributed by atoms with E-state index >= 15 is 0 Å². The predicted molar refractivity (Wildman–Crippen MR) is 82.9 cm³/mol. The van der Waals surface area contributed by atoms with Crippen LogP contribution in [0, 0.1) is 0 Å². The maximum Gasteiger partial charge on any atom is 0.354 e. The Labute approximate surface area is 136 Å². The molecule has 0 aliphatic carbocycles. The summed E-state index contributed by atoms with van der Waals surface area (Å²) in [6.45, 7) is -0.545. The van der Waals surface area contributed by atoms with Crippen molar-refractivity contribution >= 4 is 23.6 Å². The van der Waals surface area contributed by atoms with E-state index in [0.29, 0.717) is 5.56 Å². The van der Waals surface area contributed by atoms with Crippen LogP contribution in [0.4, 0.5) is 0 Å². The van der Waals surface area contributed by atoms with Crippen LogP contribution in [0.2, 0.25) is 0 Å². The lowest BCUT2D eigenvalue weighted by molar-refractivity contribution is -0.143. The molecular formula is C16H12N4O4. The van der Waals surface area contributed by atoms with E-state index in [1.807, 2.05) is 0 Å². The summed E-state index contributed by atoms with van der Waals surface area (Å²) < 4.78 is 0. The predicted octanol–water partition coefficient (Wildman–Crippen LogP) is 0.541. The third-order valence-electron chi connectivity index (χ3n) is 3.37. The monoisotopic (exact) mass is 324 g/mol. The van der Waals surface area contributed by atoms with Gasteiger partial charge in [0.2, 0.25) is 0 Å². The van der Waals surface area contributed by atoms with Crippen LogP contribution >= 0.6 is 0 Å². The zero-order valence-electron chi connectivity index (χ0n) is 12.4. The number of carbonyl (C=O) groups excluding carboxylic acids is 3. The van der Waals surface area contributed by atoms with Crippen molar-refractivity contribution in [2.45, 2.75) is 0 Å². The molecule has 120 valence electrons. The SMILES string of the molecule is N/C(=N\OC(=O)CN1C(=O)c2ccccc2C1=O)c1cccnc1. The van der Waals surface area contributed by atoms with E-state index in [0.717, 1.165) is 4.90 Å². The molecule has 24 heavy (non-hydrogen) atoms. The Morgan fingerprint density at radius 1 is 1.12 bits per heavy atom. The third kappa shape index (κ3) is 2.84. The van der Waals surface area contributed by atoms with Crippen molar-refractivity contribution in [3.8, 4) is 0 Å². The molecule has 2 amide bonds. The zero-order valence-corrected chi connectivity index (χ0v) is 12.4. The fraction of sp³-hybridized carbons (Fsp3) is 0.0625. The Kier molecular flexibility index (Phi) is 4.02. The number of amides is 2. The fourth-order valence-corrected chi connectivity index (χ4v) is 2.21. The molecule has 3 rings (SSSR count). The number of carbonyl (C=O) groups is 3. The average molecular weight is 324 g/mol. The van der Waals surface area contributed by atoms with Crippen LogP contribution in [0.15, 0.2) is 53.9 Å². The largest absolute Gasteiger partial charge is 0.380 e. The summed E-state index contributed by atoms with van der Waals surface area (Å²) in [5, 5.41) is 3.49. The van der Waals surface area contributed by atoms with Gasteiger partial charge in [-0.05, 0) is 24.3 Å². The Hall–Kier alpha value is -3.55. The first-order valence-electron chi connectivity index (χ1n) is 6.97. The number of aromatic nitrogens is 1. The molecule has 2 aromatic rings. The quantitative estimate of drug-likeness (QED) is 0.289. The zero-order chi connectivity index (χ0) is 17.1. The molecule has 1 aliphatic heterocycles. The first-order chi connectivity index (χ1) is 11.6. The summed E-state index contributed by atoms with van der Waals surface area (Å²) in [6.07, 6.45) is 3.02. The highest BCUT2D eigenvalue weighted by atomic mass is 16.7. The van der Waals surface area contributed by atoms with Gasteiger partial charge in [0.05, 0.1) is 11.1 Å². The number of benzene rings is 1. The molecular weight excluding hydrogens is 312 g/mol. The van der Waals surface area contributed by atoms with E-state index in [1.54, 1.807) is 30.5 Å². The van der Waals surface area contributed by atoms with E-state index in [4.69, 9.17) is 5.73 Å². The van der Waals surface area contributed by atoms with Crippen molar-refractivity contribution in [3.63, 3.8) is 0 Å². The molecule has 0 spiro atoms. The summed E-state index contributed by atoms with van der Waals surface area (Å²) in [4.78, 5) is 45.4. The molecule has 0 atom stereocenters. The van der Waals surface area contributed by atoms with Gasteiger partial charge < -0.3 is 10.6 Å². The van der Waals surface area contributed by atoms with E-state index < -0.39 is 24.3 Å². The van der Waals surface area contributed by atoms with E-state index in [9.17, 15) is 14.4 Å². The van der Waals surface area contributed by atoms with Crippen LogP contribution in [-0.2, 0) is 9.63 Å². The maximum atomic E-state index is 12.1. The number of pyridine rings is 1. The lowest BCUT2D eigenvalue weighted by Crippen LogP contribution is -2.35. The highest BCUT2D eigenvalue weighted by Crippen LogP contribution is 2.22. The Bertz CT molecular complexity index is 813. The van der Waals surface area contributed by atoms with Crippen molar-refractivity contribution in [1.29, 1.82) is 0 Å². The van der Waals surface area contributed by atoms with Gasteiger partial charge in [-0.25, -0.2) is 4.79 Å². The summed E-state index contributed by atoms with van der Waals surface area (Å²) >= 11 is 0. The second-order valence-electron chi connectivity index (χ2n) is 4.92. The second kappa shape index (κ2) is 6.29. The number of amidine groups is 1. The average Bonchev–Trinajstić information content (AvgIpc) is 2.86. The van der Waals surface area contributed by atoms with Gasteiger partial charge >= 0.3 is 5.97 Å². The molecule has 0 bridgehead atoms. The van der Waals surface area contributed by atoms with Gasteiger partial charge in [0.15, 0.2) is 5.84 Å². The van der Waals surface area contributed by atoms with Crippen molar-refractivity contribution in [2.24, 2.45) is 10.9 Å². The first kappa shape index (κ1) is 15.3. The molecule has 8 nitrogen and oxygen atoms in total. The van der Waals surface area contributed by atoms with Gasteiger partial charge in [-0.1, -0.05) is 17.3 Å². The molecule has 0 saturated heterocycles. The molecule has 0 unspecified atom stereocenters. The van der Waals surface area contributed by atoms with Crippen molar-refractivity contribution in [3.05, 3.63) is 65.5 Å². The van der Waals surface area contributed by atoms with Gasteiger partial charge in [0, 0.05) is 18.0 Å². The number of nitrogens with two attached hydrogens (primary N) is 1. The van der Waals surface area contributed by atoms with Gasteiger partial charge in [-0.15, -0.1) is 0 Å². The van der Waals surface area contributed by atoms with E-state index in [-0.39, 0.29) is 17.0 Å². The van der Waals surface area contributed by atoms with Gasteiger partial charge in [-0.3, -0.25) is 19.5 Å². The van der Waals surface area contributed by atoms with Crippen LogP contribution in [0.3, 0.4) is 0 Å². The molecule has 1 aliphatic rings. The minimum atomic E-state index is -0.878. The van der Waals surface area contributed by atoms with Crippen LogP contribution in [0.5, 0.6) is 0 Å². The molecule has 0 radical (unpaired) electrons. The molecule has 0 fully saturated rings. The number of imide groups is 1. The summed E-state index contributed by atoms with van der Waals surface area (Å²) in [5.74, 6) is -2.01. The highest BCUT2D eigenvalue weighted by molar-refractivity contribution is 6.22. The first-order valence-corrected chi connectivity index (χ1v) is 6.97. The lowest BCUT2D eigenvalue weighted by atomic mass is 10.1. The molecule has 2 N–H and O–H groups in total. The number of hydrogen-bond donors (Lipinski definition) is 1. The molecule has 1 aromatic carbocycles. The van der Waals surface area contributed by atoms with E-state index in [2.05, 4.69) is 15.0 Å². The molecule has 0 saturated carbocycles. The summed E-state index contributed by atoms with van der Waals surface area (Å²) in [7, 11) is 0. The van der Waals surface area contributed by atoms with E-state index in [1.165, 1.54) is 18.3 Å². The third-order valence-corrected chi connectivity index (χ3v) is 3.37. The van der Waals surface area contributed by atoms with Gasteiger partial charge in [0.1, 0.15) is 6.54 Å². The lowest BCUT2D eigenvalue weighted by Gasteiger charge is -2.11. The summed E-state index contributed by atoms with van der Waals surface area (Å²) in [6, 6.07) is 9.64. The number of nitrogens with zero attached hydrogens (tertiary/aromatic N) is 3. The standard InChI is InChI=1S/C16H12N4O4/c17-14(10-4-3-7-18-8-10)19-24-13(21)9-20-15(22)11-5-1-2-6-12(11)16(20)23/h1-8H,9H2,(H2,17,19). The topological polar surface area (TPSA) is 115 Å². The fourth-order valence-electron chi connectivity index (χ4n) is 2.21. The molecule has 8 heteroatoms. The van der Waals surface area contributed by atoms with Crippen LogP contribution in [-0.4, -0.2) is 40.0 Å². The van der Waals surface area contributed by atoms with Crippen LogP contribution in [0.25, 0.3) is 0 Å². The number of rotatable bonds is 4. The van der Waals surface area contributed by atoms with Crippen molar-refractivity contribution in [1.82, 2.24) is 9.88 Å². The van der Waals surface area contributed by atoms with Crippen molar-refractivity contribution < 1.29 is 19.2 Å². The Balaban J connectivity index is 1.66. The number of fused-ring (bicyclic) bond motifs is 1. The molecule has 2 heterocycles. The van der Waals surface area contributed by atoms with Gasteiger partial charge in [-0.2, -0.15) is 0 Å². The maximum absolute atomic E-state index is 12.1. The summed E-state index contributed by atoms with van der Waals surface area (Å²) in [5.41, 5.74) is 6.65. The number of oxime groups is 1. The molecule has 1 aromatic heterocycles. The Morgan fingerprint density at radius 3 is 2.38 bits per heavy atom. The minimum Gasteiger partial charge on any atom is -0.380 e. The second-order valence-corrected chi connectivity index (χ2v) is 4.92. The number of hydrogen-bond acceptors (Lipinski definition) is 6. The minimum absolute atomic E-state index is 0.0428. The highest BCUT2D eigenvalue weighted by Gasteiger charge is 2.36. The van der Waals surface area contributed by atoms with Crippen molar-refractivity contribution in [2.75, 3.05) is 6.54 Å². The van der Waals surface area contributed by atoms with Gasteiger partial charge in [0.25, 0.3) is 11.8 Å².